The van der Waals surface area contributed by atoms with Crippen molar-refractivity contribution in [3.63, 3.8) is 0 Å². The van der Waals surface area contributed by atoms with Crippen LogP contribution in [0.2, 0.25) is 0 Å². The van der Waals surface area contributed by atoms with Gasteiger partial charge in [0.1, 0.15) is 5.69 Å². The Morgan fingerprint density at radius 2 is 2.05 bits per heavy atom. The van der Waals surface area contributed by atoms with E-state index in [-0.39, 0.29) is 22.8 Å². The fraction of sp³-hybridized carbons (Fsp3) is 0.167. The first-order chi connectivity index (χ1) is 9.52. The molecule has 2 rings (SSSR count). The van der Waals surface area contributed by atoms with Crippen LogP contribution < -0.4 is 5.56 Å². The summed E-state index contributed by atoms with van der Waals surface area (Å²) >= 11 is 1.25. The molecule has 0 bridgehead atoms. The summed E-state index contributed by atoms with van der Waals surface area (Å²) in [6, 6.07) is 4.24. The normalized spacial score (nSPS) is 11.1. The third kappa shape index (κ3) is 2.80. The van der Waals surface area contributed by atoms with E-state index in [1.165, 1.54) is 30.1 Å². The van der Waals surface area contributed by atoms with Crippen molar-refractivity contribution in [2.24, 2.45) is 5.10 Å². The molecule has 0 unspecified atom stereocenters. The molecule has 0 aliphatic rings. The van der Waals surface area contributed by atoms with Crippen molar-refractivity contribution < 1.29 is 10.2 Å². The largest absolute Gasteiger partial charge is 0.504 e. The molecule has 0 aliphatic heterocycles. The smallest absolute Gasteiger partial charge is 0.296 e. The number of nitrogens with zero attached hydrogens (tertiary/aromatic N) is 4. The Morgan fingerprint density at radius 1 is 1.30 bits per heavy atom. The van der Waals surface area contributed by atoms with Crippen LogP contribution in [0.1, 0.15) is 11.3 Å². The number of phenolic OH excluding ortho intramolecular Hbond substituents is 2. The summed E-state index contributed by atoms with van der Waals surface area (Å²) in [6.07, 6.45) is 3.15. The molecule has 1 heterocycles. The first-order valence-electron chi connectivity index (χ1n) is 5.59. The highest BCUT2D eigenvalue weighted by molar-refractivity contribution is 7.98. The molecule has 7 nitrogen and oxygen atoms in total. The van der Waals surface area contributed by atoms with Crippen molar-refractivity contribution in [2.75, 3.05) is 6.26 Å². The molecule has 104 valence electrons. The van der Waals surface area contributed by atoms with Crippen LogP contribution >= 0.6 is 11.8 Å². The van der Waals surface area contributed by atoms with E-state index in [2.05, 4.69) is 15.3 Å². The summed E-state index contributed by atoms with van der Waals surface area (Å²) in [6.45, 7) is 1.55. The van der Waals surface area contributed by atoms with Crippen LogP contribution in [-0.4, -0.2) is 37.6 Å². The number of phenols is 2. The van der Waals surface area contributed by atoms with E-state index in [1.807, 2.05) is 0 Å². The molecule has 0 fully saturated rings. The molecule has 0 amide bonds. The van der Waals surface area contributed by atoms with E-state index < -0.39 is 0 Å². The number of rotatable bonds is 3. The molecule has 0 spiro atoms. The van der Waals surface area contributed by atoms with Crippen molar-refractivity contribution in [1.82, 2.24) is 14.9 Å². The third-order valence-corrected chi connectivity index (χ3v) is 3.09. The zero-order chi connectivity index (χ0) is 14.7. The maximum atomic E-state index is 11.9. The Hall–Kier alpha value is -2.35. The Bertz CT molecular complexity index is 727. The molecule has 0 aliphatic carbocycles. The average molecular weight is 292 g/mol. The highest BCUT2D eigenvalue weighted by Crippen LogP contribution is 2.24. The van der Waals surface area contributed by atoms with E-state index in [0.717, 1.165) is 4.68 Å². The van der Waals surface area contributed by atoms with Crippen molar-refractivity contribution in [3.05, 3.63) is 39.8 Å². The summed E-state index contributed by atoms with van der Waals surface area (Å²) < 4.78 is 1.14. The maximum Gasteiger partial charge on any atom is 0.296 e. The standard InChI is InChI=1S/C12H12N4O3S/c1-7-11(19)16(12(20-2)15-14-7)13-6-8-3-4-9(17)10(18)5-8/h3-6,17-18H,1-2H3/b13-6-. The van der Waals surface area contributed by atoms with Crippen molar-refractivity contribution in [1.29, 1.82) is 0 Å². The second-order valence-electron chi connectivity index (χ2n) is 3.88. The quantitative estimate of drug-likeness (QED) is 0.496. The van der Waals surface area contributed by atoms with Crippen molar-refractivity contribution >= 4 is 18.0 Å². The van der Waals surface area contributed by atoms with Crippen LogP contribution in [0.25, 0.3) is 0 Å². The summed E-state index contributed by atoms with van der Waals surface area (Å²) in [5.41, 5.74) is 0.422. The number of benzene rings is 1. The summed E-state index contributed by atoms with van der Waals surface area (Å²) in [5.74, 6) is -0.471. The van der Waals surface area contributed by atoms with Gasteiger partial charge in [0.2, 0.25) is 5.16 Å². The highest BCUT2D eigenvalue weighted by atomic mass is 32.2. The molecular formula is C12H12N4O3S. The molecule has 8 heteroatoms. The van der Waals surface area contributed by atoms with Crippen LogP contribution in [0.4, 0.5) is 0 Å². The molecule has 0 atom stereocenters. The molecule has 2 N–H and O–H groups in total. The van der Waals surface area contributed by atoms with Gasteiger partial charge in [0.05, 0.1) is 6.21 Å². The zero-order valence-electron chi connectivity index (χ0n) is 10.8. The van der Waals surface area contributed by atoms with Gasteiger partial charge in [-0.15, -0.1) is 10.2 Å². The van der Waals surface area contributed by atoms with Gasteiger partial charge in [-0.2, -0.15) is 9.78 Å². The molecule has 0 saturated carbocycles. The van der Waals surface area contributed by atoms with Gasteiger partial charge in [0, 0.05) is 0 Å². The molecule has 1 aromatic heterocycles. The highest BCUT2D eigenvalue weighted by Gasteiger charge is 2.07. The predicted molar refractivity (Wildman–Crippen MR) is 75.6 cm³/mol. The number of hydrogen-bond acceptors (Lipinski definition) is 7. The van der Waals surface area contributed by atoms with Crippen LogP contribution in [0.5, 0.6) is 11.5 Å². The minimum Gasteiger partial charge on any atom is -0.504 e. The van der Waals surface area contributed by atoms with Gasteiger partial charge in [-0.1, -0.05) is 11.8 Å². The van der Waals surface area contributed by atoms with Gasteiger partial charge in [-0.05, 0) is 36.9 Å². The Labute approximate surface area is 118 Å². The minimum absolute atomic E-state index is 0.217. The van der Waals surface area contributed by atoms with E-state index in [4.69, 9.17) is 0 Å². The van der Waals surface area contributed by atoms with Gasteiger partial charge >= 0.3 is 0 Å². The van der Waals surface area contributed by atoms with E-state index in [1.54, 1.807) is 19.2 Å². The molecule has 1 aromatic carbocycles. The number of aryl methyl sites for hydroxylation is 1. The third-order valence-electron chi connectivity index (χ3n) is 2.47. The second-order valence-corrected chi connectivity index (χ2v) is 4.66. The number of aromatic hydroxyl groups is 2. The van der Waals surface area contributed by atoms with Gasteiger partial charge in [-0.25, -0.2) is 0 Å². The van der Waals surface area contributed by atoms with Crippen LogP contribution in [-0.2, 0) is 0 Å². The molecular weight excluding hydrogens is 280 g/mol. The topological polar surface area (TPSA) is 101 Å². The van der Waals surface area contributed by atoms with Crippen LogP contribution in [0.3, 0.4) is 0 Å². The van der Waals surface area contributed by atoms with Gasteiger partial charge < -0.3 is 10.2 Å². The SMILES string of the molecule is CSc1nnc(C)c(=O)n1/N=C\c1ccc(O)c(O)c1. The summed E-state index contributed by atoms with van der Waals surface area (Å²) in [4.78, 5) is 11.9. The maximum absolute atomic E-state index is 11.9. The fourth-order valence-corrected chi connectivity index (χ4v) is 1.84. The number of hydrogen-bond donors (Lipinski definition) is 2. The first-order valence-corrected chi connectivity index (χ1v) is 6.82. The minimum atomic E-state index is -0.358. The summed E-state index contributed by atoms with van der Waals surface area (Å²) in [5, 5.41) is 30.6. The monoisotopic (exact) mass is 292 g/mol. The van der Waals surface area contributed by atoms with E-state index >= 15 is 0 Å². The zero-order valence-corrected chi connectivity index (χ0v) is 11.6. The van der Waals surface area contributed by atoms with Crippen LogP contribution in [0, 0.1) is 6.92 Å². The lowest BCUT2D eigenvalue weighted by Gasteiger charge is -2.04. The predicted octanol–water partition coefficient (Wildman–Crippen LogP) is 0.962. The number of aromatic nitrogens is 3. The van der Waals surface area contributed by atoms with Crippen LogP contribution in [0.15, 0.2) is 33.3 Å². The lowest BCUT2D eigenvalue weighted by Crippen LogP contribution is -2.23. The van der Waals surface area contributed by atoms with Gasteiger partial charge in [-0.3, -0.25) is 4.79 Å². The van der Waals surface area contributed by atoms with E-state index in [9.17, 15) is 15.0 Å². The lowest BCUT2D eigenvalue weighted by molar-refractivity contribution is 0.403. The summed E-state index contributed by atoms with van der Waals surface area (Å²) in [7, 11) is 0. The molecule has 20 heavy (non-hydrogen) atoms. The number of thioether (sulfide) groups is 1. The molecule has 0 radical (unpaired) electrons. The van der Waals surface area contributed by atoms with Gasteiger partial charge in [0.25, 0.3) is 5.56 Å². The fourth-order valence-electron chi connectivity index (χ4n) is 1.42. The van der Waals surface area contributed by atoms with Crippen molar-refractivity contribution in [2.45, 2.75) is 12.1 Å². The Balaban J connectivity index is 2.43. The molecule has 2 aromatic rings. The van der Waals surface area contributed by atoms with Crippen molar-refractivity contribution in [3.8, 4) is 11.5 Å². The first kappa shape index (κ1) is 14.1. The van der Waals surface area contributed by atoms with Gasteiger partial charge in [0.15, 0.2) is 11.5 Å². The Kier molecular flexibility index (Phi) is 4.04. The Morgan fingerprint density at radius 3 is 2.70 bits per heavy atom. The average Bonchev–Trinajstić information content (AvgIpc) is 2.44. The lowest BCUT2D eigenvalue weighted by atomic mass is 10.2. The second kappa shape index (κ2) is 5.74. The van der Waals surface area contributed by atoms with E-state index in [0.29, 0.717) is 10.7 Å². The molecule has 0 saturated heterocycles.